The molecule has 74 valence electrons. The number of alkyl halides is 3. The van der Waals surface area contributed by atoms with Crippen molar-refractivity contribution >= 4 is 0 Å². The minimum atomic E-state index is -4.74. The Morgan fingerprint density at radius 1 is 1.54 bits per heavy atom. The second kappa shape index (κ2) is 2.99. The van der Waals surface area contributed by atoms with Gasteiger partial charge in [0, 0.05) is 0 Å². The second-order valence-electron chi connectivity index (χ2n) is 2.57. The molecule has 0 fully saturated rings. The lowest BCUT2D eigenvalue weighted by Gasteiger charge is -2.26. The van der Waals surface area contributed by atoms with E-state index in [1.165, 1.54) is 6.92 Å². The molecule has 0 bridgehead atoms. The van der Waals surface area contributed by atoms with Crippen LogP contribution in [0.4, 0.5) is 13.2 Å². The maximum Gasteiger partial charge on any atom is 0.423 e. The Hall–Kier alpha value is -1.11. The molecule has 0 spiro atoms. The molecular formula is C6H8F3N3O. The van der Waals surface area contributed by atoms with Crippen LogP contribution in [0.3, 0.4) is 0 Å². The first kappa shape index (κ1) is 9.97. The van der Waals surface area contributed by atoms with Crippen LogP contribution in [0.5, 0.6) is 0 Å². The van der Waals surface area contributed by atoms with Crippen molar-refractivity contribution in [2.75, 3.05) is 0 Å². The lowest BCUT2D eigenvalue weighted by atomic mass is 9.97. The van der Waals surface area contributed by atoms with Crippen molar-refractivity contribution in [2.45, 2.75) is 25.1 Å². The van der Waals surface area contributed by atoms with E-state index >= 15 is 0 Å². The van der Waals surface area contributed by atoms with Crippen LogP contribution in [-0.4, -0.2) is 26.7 Å². The topological polar surface area (TPSA) is 61.8 Å². The van der Waals surface area contributed by atoms with Crippen molar-refractivity contribution in [1.82, 2.24) is 15.4 Å². The number of nitrogens with zero attached hydrogens (tertiary/aromatic N) is 2. The predicted molar refractivity (Wildman–Crippen MR) is 36.6 cm³/mol. The van der Waals surface area contributed by atoms with Gasteiger partial charge in [-0.25, -0.2) is 0 Å². The first-order valence-corrected chi connectivity index (χ1v) is 3.57. The number of aliphatic hydroxyl groups is 1. The lowest BCUT2D eigenvalue weighted by Crippen LogP contribution is -2.42. The summed E-state index contributed by atoms with van der Waals surface area (Å²) in [6.07, 6.45) is -4.38. The second-order valence-corrected chi connectivity index (χ2v) is 2.57. The molecule has 0 aromatic carbocycles. The minimum Gasteiger partial charge on any atom is -0.375 e. The number of nitrogens with one attached hydrogen (secondary N) is 1. The fraction of sp³-hybridized carbons (Fsp3) is 0.667. The van der Waals surface area contributed by atoms with Crippen molar-refractivity contribution in [2.24, 2.45) is 0 Å². The smallest absolute Gasteiger partial charge is 0.375 e. The Kier molecular flexibility index (Phi) is 2.29. The van der Waals surface area contributed by atoms with Crippen LogP contribution in [0.2, 0.25) is 0 Å². The van der Waals surface area contributed by atoms with Gasteiger partial charge in [0.15, 0.2) is 0 Å². The van der Waals surface area contributed by atoms with Gasteiger partial charge >= 0.3 is 6.18 Å². The zero-order valence-corrected chi connectivity index (χ0v) is 6.76. The fourth-order valence-corrected chi connectivity index (χ4v) is 0.928. The fourth-order valence-electron chi connectivity index (χ4n) is 0.928. The summed E-state index contributed by atoms with van der Waals surface area (Å²) in [5.74, 6) is 0. The van der Waals surface area contributed by atoms with Crippen molar-refractivity contribution in [3.05, 3.63) is 11.9 Å². The third-order valence-corrected chi connectivity index (χ3v) is 1.82. The van der Waals surface area contributed by atoms with E-state index in [1.54, 1.807) is 0 Å². The van der Waals surface area contributed by atoms with Gasteiger partial charge < -0.3 is 5.11 Å². The van der Waals surface area contributed by atoms with Crippen molar-refractivity contribution < 1.29 is 18.3 Å². The van der Waals surface area contributed by atoms with E-state index in [1.807, 2.05) is 5.21 Å². The molecule has 0 amide bonds. The monoisotopic (exact) mass is 195 g/mol. The molecule has 13 heavy (non-hydrogen) atoms. The Bertz CT molecular complexity index is 271. The third-order valence-electron chi connectivity index (χ3n) is 1.82. The van der Waals surface area contributed by atoms with Crippen LogP contribution in [-0.2, 0) is 5.60 Å². The summed E-state index contributed by atoms with van der Waals surface area (Å²) < 4.78 is 37.0. The molecule has 7 heteroatoms. The Morgan fingerprint density at radius 3 is 2.46 bits per heavy atom. The SMILES string of the molecule is CC[C@](O)(c1cn[nH]n1)C(F)(F)F. The molecule has 1 heterocycles. The minimum absolute atomic E-state index is 0.497. The van der Waals surface area contributed by atoms with E-state index < -0.39 is 23.9 Å². The van der Waals surface area contributed by atoms with Crippen LogP contribution < -0.4 is 0 Å². The van der Waals surface area contributed by atoms with Gasteiger partial charge in [-0.05, 0) is 6.42 Å². The van der Waals surface area contributed by atoms with Crippen LogP contribution >= 0.6 is 0 Å². The molecule has 1 rings (SSSR count). The standard InChI is InChI=1S/C6H8F3N3O/c1-2-5(13,6(7,8)9)4-3-10-12-11-4/h3,13H,2H2,1H3,(H,10,11,12)/t5-/m0/s1. The molecule has 4 nitrogen and oxygen atoms in total. The molecule has 1 atom stereocenters. The first-order valence-electron chi connectivity index (χ1n) is 3.57. The van der Waals surface area contributed by atoms with Gasteiger partial charge in [-0.15, -0.1) is 0 Å². The van der Waals surface area contributed by atoms with Gasteiger partial charge in [0.25, 0.3) is 0 Å². The number of halogens is 3. The molecule has 2 N–H and O–H groups in total. The number of aromatic amines is 1. The molecular weight excluding hydrogens is 187 g/mol. The van der Waals surface area contributed by atoms with E-state index in [0.29, 0.717) is 0 Å². The molecule has 0 radical (unpaired) electrons. The molecule has 1 aromatic rings. The molecule has 1 aromatic heterocycles. The van der Waals surface area contributed by atoms with Gasteiger partial charge in [0.2, 0.25) is 5.60 Å². The molecule has 0 aliphatic heterocycles. The van der Waals surface area contributed by atoms with Gasteiger partial charge in [-0.2, -0.15) is 28.6 Å². The van der Waals surface area contributed by atoms with Crippen molar-refractivity contribution in [3.63, 3.8) is 0 Å². The highest BCUT2D eigenvalue weighted by Gasteiger charge is 2.55. The van der Waals surface area contributed by atoms with E-state index in [2.05, 4.69) is 10.2 Å². The van der Waals surface area contributed by atoms with E-state index in [4.69, 9.17) is 0 Å². The summed E-state index contributed by atoms with van der Waals surface area (Å²) in [7, 11) is 0. The average Bonchev–Trinajstić information content (AvgIpc) is 2.52. The maximum absolute atomic E-state index is 12.3. The Balaban J connectivity index is 3.09. The summed E-state index contributed by atoms with van der Waals surface area (Å²) in [6.45, 7) is 1.22. The van der Waals surface area contributed by atoms with Crippen molar-refractivity contribution in [3.8, 4) is 0 Å². The number of hydrogen-bond donors (Lipinski definition) is 2. The largest absolute Gasteiger partial charge is 0.423 e. The molecule has 0 unspecified atom stereocenters. The molecule has 0 saturated heterocycles. The number of aromatic nitrogens is 3. The molecule has 0 aliphatic rings. The van der Waals surface area contributed by atoms with Crippen LogP contribution in [0, 0.1) is 0 Å². The summed E-state index contributed by atoms with van der Waals surface area (Å²) in [6, 6.07) is 0. The predicted octanol–water partition coefficient (Wildman–Crippen LogP) is 0.965. The van der Waals surface area contributed by atoms with E-state index in [0.717, 1.165) is 6.20 Å². The number of H-pyrrole nitrogens is 1. The Labute approximate surface area is 71.8 Å². The first-order chi connectivity index (χ1) is 5.92. The molecule has 0 saturated carbocycles. The highest BCUT2D eigenvalue weighted by atomic mass is 19.4. The Morgan fingerprint density at radius 2 is 2.15 bits per heavy atom. The molecule has 0 aliphatic carbocycles. The number of hydrogen-bond acceptors (Lipinski definition) is 3. The third kappa shape index (κ3) is 1.51. The summed E-state index contributed by atoms with van der Waals surface area (Å²) in [5, 5.41) is 17.7. The van der Waals surface area contributed by atoms with Gasteiger partial charge in [-0.3, -0.25) is 0 Å². The summed E-state index contributed by atoms with van der Waals surface area (Å²) >= 11 is 0. The highest BCUT2D eigenvalue weighted by Crippen LogP contribution is 2.39. The highest BCUT2D eigenvalue weighted by molar-refractivity contribution is 5.09. The summed E-state index contributed by atoms with van der Waals surface area (Å²) in [5.41, 5.74) is -3.41. The average molecular weight is 195 g/mol. The van der Waals surface area contributed by atoms with E-state index in [9.17, 15) is 18.3 Å². The zero-order chi connectivity index (χ0) is 10.1. The van der Waals surface area contributed by atoms with Gasteiger partial charge in [0.1, 0.15) is 5.69 Å². The normalized spacial score (nSPS) is 17.0. The quantitative estimate of drug-likeness (QED) is 0.738. The zero-order valence-electron chi connectivity index (χ0n) is 6.76. The lowest BCUT2D eigenvalue weighted by molar-refractivity contribution is -0.269. The van der Waals surface area contributed by atoms with Crippen LogP contribution in [0.25, 0.3) is 0 Å². The van der Waals surface area contributed by atoms with Gasteiger partial charge in [0.05, 0.1) is 6.20 Å². The maximum atomic E-state index is 12.3. The summed E-state index contributed by atoms with van der Waals surface area (Å²) in [4.78, 5) is 0. The van der Waals surface area contributed by atoms with E-state index in [-0.39, 0.29) is 0 Å². The van der Waals surface area contributed by atoms with Crippen molar-refractivity contribution in [1.29, 1.82) is 0 Å². The van der Waals surface area contributed by atoms with Gasteiger partial charge in [-0.1, -0.05) is 6.92 Å². The van der Waals surface area contributed by atoms with Crippen LogP contribution in [0.15, 0.2) is 6.20 Å². The van der Waals surface area contributed by atoms with Crippen LogP contribution in [0.1, 0.15) is 19.0 Å². The number of rotatable bonds is 2.